The predicted molar refractivity (Wildman–Crippen MR) is 76.7 cm³/mol. The summed E-state index contributed by atoms with van der Waals surface area (Å²) in [6.45, 7) is 6.39. The van der Waals surface area contributed by atoms with E-state index in [9.17, 15) is 4.79 Å². The van der Waals surface area contributed by atoms with Gasteiger partial charge in [-0.05, 0) is 31.5 Å². The highest BCUT2D eigenvalue weighted by atomic mass is 35.5. The molecule has 1 fully saturated rings. The van der Waals surface area contributed by atoms with Crippen LogP contribution in [-0.4, -0.2) is 43.2 Å². The van der Waals surface area contributed by atoms with Crippen molar-refractivity contribution in [2.24, 2.45) is 0 Å². The van der Waals surface area contributed by atoms with Crippen molar-refractivity contribution in [3.8, 4) is 0 Å². The molecule has 0 spiro atoms. The van der Waals surface area contributed by atoms with Gasteiger partial charge in [-0.3, -0.25) is 4.79 Å². The van der Waals surface area contributed by atoms with Crippen molar-refractivity contribution in [2.45, 2.75) is 19.9 Å². The number of hydrogen-bond acceptors (Lipinski definition) is 3. The van der Waals surface area contributed by atoms with Gasteiger partial charge in [0.2, 0.25) is 5.91 Å². The third kappa shape index (κ3) is 3.61. The minimum Gasteiger partial charge on any atom is -0.378 e. The molecule has 1 aliphatic rings. The van der Waals surface area contributed by atoms with Crippen LogP contribution in [0.15, 0.2) is 18.2 Å². The number of halogens is 1. The Balaban J connectivity index is 1.97. The molecule has 0 radical (unpaired) electrons. The van der Waals surface area contributed by atoms with E-state index in [1.165, 1.54) is 0 Å². The molecule has 2 rings (SSSR count). The molecule has 1 aromatic rings. The summed E-state index contributed by atoms with van der Waals surface area (Å²) in [5.41, 5.74) is 1.89. The maximum Gasteiger partial charge on any atom is 0.244 e. The molecule has 19 heavy (non-hydrogen) atoms. The summed E-state index contributed by atoms with van der Waals surface area (Å²) in [5, 5.41) is 3.90. The van der Waals surface area contributed by atoms with Crippen LogP contribution in [0, 0.1) is 6.92 Å². The van der Waals surface area contributed by atoms with Crippen molar-refractivity contribution in [1.82, 2.24) is 4.90 Å². The molecule has 1 saturated heterocycles. The molecule has 1 N–H and O–H groups in total. The Morgan fingerprint density at radius 3 is 2.74 bits per heavy atom. The van der Waals surface area contributed by atoms with Gasteiger partial charge in [-0.15, -0.1) is 0 Å². The lowest BCUT2D eigenvalue weighted by Gasteiger charge is -2.29. The Hall–Kier alpha value is -1.26. The van der Waals surface area contributed by atoms with Gasteiger partial charge in [0.15, 0.2) is 0 Å². The van der Waals surface area contributed by atoms with Gasteiger partial charge in [0.25, 0.3) is 0 Å². The third-order valence-electron chi connectivity index (χ3n) is 3.25. The number of ether oxygens (including phenoxy) is 1. The van der Waals surface area contributed by atoms with Gasteiger partial charge in [0, 0.05) is 23.8 Å². The molecule has 1 amide bonds. The molecule has 0 saturated carbocycles. The lowest BCUT2D eigenvalue weighted by atomic mass is 10.2. The number of rotatable bonds is 3. The molecule has 1 atom stereocenters. The largest absolute Gasteiger partial charge is 0.378 e. The average molecular weight is 283 g/mol. The maximum absolute atomic E-state index is 12.2. The zero-order valence-corrected chi connectivity index (χ0v) is 12.0. The second-order valence-electron chi connectivity index (χ2n) is 4.77. The van der Waals surface area contributed by atoms with Gasteiger partial charge in [-0.1, -0.05) is 17.7 Å². The lowest BCUT2D eigenvalue weighted by Crippen LogP contribution is -2.46. The van der Waals surface area contributed by atoms with Crippen LogP contribution in [0.2, 0.25) is 5.02 Å². The van der Waals surface area contributed by atoms with Gasteiger partial charge in [-0.25, -0.2) is 0 Å². The summed E-state index contributed by atoms with van der Waals surface area (Å²) < 4.78 is 5.25. The van der Waals surface area contributed by atoms with Crippen LogP contribution >= 0.6 is 11.6 Å². The fourth-order valence-electron chi connectivity index (χ4n) is 2.05. The van der Waals surface area contributed by atoms with Crippen molar-refractivity contribution in [3.05, 3.63) is 28.8 Å². The van der Waals surface area contributed by atoms with E-state index < -0.39 is 0 Å². The van der Waals surface area contributed by atoms with E-state index in [2.05, 4.69) is 5.32 Å². The van der Waals surface area contributed by atoms with E-state index >= 15 is 0 Å². The first kappa shape index (κ1) is 14.2. The molecular formula is C14H19ClN2O2. The van der Waals surface area contributed by atoms with Crippen LogP contribution in [0.3, 0.4) is 0 Å². The molecular weight excluding hydrogens is 264 g/mol. The molecule has 0 bridgehead atoms. The van der Waals surface area contributed by atoms with Crippen LogP contribution < -0.4 is 5.32 Å². The van der Waals surface area contributed by atoms with E-state index in [1.54, 1.807) is 0 Å². The van der Waals surface area contributed by atoms with Crippen molar-refractivity contribution in [2.75, 3.05) is 31.6 Å². The number of benzene rings is 1. The monoisotopic (exact) mass is 282 g/mol. The standard InChI is InChI=1S/C14H19ClN2O2/c1-10-3-4-12(9-13(10)15)16-11(2)14(18)17-5-7-19-8-6-17/h3-4,9,11,16H,5-8H2,1-2H3. The zero-order chi connectivity index (χ0) is 13.8. The molecule has 4 nitrogen and oxygen atoms in total. The number of carbonyl (C=O) groups excluding carboxylic acids is 1. The highest BCUT2D eigenvalue weighted by Crippen LogP contribution is 2.20. The number of amides is 1. The van der Waals surface area contributed by atoms with Crippen LogP contribution in [0.4, 0.5) is 5.69 Å². The van der Waals surface area contributed by atoms with E-state index in [-0.39, 0.29) is 11.9 Å². The zero-order valence-electron chi connectivity index (χ0n) is 11.3. The minimum absolute atomic E-state index is 0.0972. The normalized spacial score (nSPS) is 17.1. The van der Waals surface area contributed by atoms with Crippen molar-refractivity contribution in [1.29, 1.82) is 0 Å². The average Bonchev–Trinajstić information content (AvgIpc) is 2.43. The summed E-state index contributed by atoms with van der Waals surface area (Å²) in [6, 6.07) is 5.46. The number of aryl methyl sites for hydroxylation is 1. The topological polar surface area (TPSA) is 41.6 Å². The van der Waals surface area contributed by atoms with Gasteiger partial charge >= 0.3 is 0 Å². The number of nitrogens with zero attached hydrogens (tertiary/aromatic N) is 1. The highest BCUT2D eigenvalue weighted by Gasteiger charge is 2.22. The fourth-order valence-corrected chi connectivity index (χ4v) is 2.23. The summed E-state index contributed by atoms with van der Waals surface area (Å²) in [7, 11) is 0. The quantitative estimate of drug-likeness (QED) is 0.925. The number of hydrogen-bond donors (Lipinski definition) is 1. The Labute approximate surface area is 118 Å². The minimum atomic E-state index is -0.267. The molecule has 0 aromatic heterocycles. The molecule has 0 aliphatic carbocycles. The van der Waals surface area contributed by atoms with E-state index in [4.69, 9.17) is 16.3 Å². The molecule has 104 valence electrons. The van der Waals surface area contributed by atoms with E-state index in [1.807, 2.05) is 36.9 Å². The smallest absolute Gasteiger partial charge is 0.244 e. The Bertz CT molecular complexity index is 459. The van der Waals surface area contributed by atoms with Crippen LogP contribution in [0.1, 0.15) is 12.5 Å². The second-order valence-corrected chi connectivity index (χ2v) is 5.17. The van der Waals surface area contributed by atoms with Gasteiger partial charge < -0.3 is 15.0 Å². The first-order valence-electron chi connectivity index (χ1n) is 6.47. The number of anilines is 1. The summed E-state index contributed by atoms with van der Waals surface area (Å²) in [4.78, 5) is 14.1. The number of nitrogens with one attached hydrogen (secondary N) is 1. The Morgan fingerprint density at radius 2 is 2.11 bits per heavy atom. The van der Waals surface area contributed by atoms with E-state index in [0.717, 1.165) is 11.3 Å². The van der Waals surface area contributed by atoms with E-state index in [0.29, 0.717) is 31.3 Å². The highest BCUT2D eigenvalue weighted by molar-refractivity contribution is 6.31. The summed E-state index contributed by atoms with van der Waals surface area (Å²) in [5.74, 6) is 0.0972. The Morgan fingerprint density at radius 1 is 1.42 bits per heavy atom. The molecule has 5 heteroatoms. The van der Waals surface area contributed by atoms with Gasteiger partial charge in [0.05, 0.1) is 13.2 Å². The van der Waals surface area contributed by atoms with Crippen LogP contribution in [0.25, 0.3) is 0 Å². The predicted octanol–water partition coefficient (Wildman–Crippen LogP) is 2.31. The first-order valence-corrected chi connectivity index (χ1v) is 6.85. The van der Waals surface area contributed by atoms with Gasteiger partial charge in [0.1, 0.15) is 6.04 Å². The molecule has 1 heterocycles. The van der Waals surface area contributed by atoms with Crippen molar-refractivity contribution >= 4 is 23.2 Å². The summed E-state index contributed by atoms with van der Waals surface area (Å²) >= 11 is 6.07. The lowest BCUT2D eigenvalue weighted by molar-refractivity contribution is -0.135. The third-order valence-corrected chi connectivity index (χ3v) is 3.66. The van der Waals surface area contributed by atoms with Crippen molar-refractivity contribution in [3.63, 3.8) is 0 Å². The maximum atomic E-state index is 12.2. The van der Waals surface area contributed by atoms with Crippen molar-refractivity contribution < 1.29 is 9.53 Å². The molecule has 1 aromatic carbocycles. The molecule has 1 aliphatic heterocycles. The summed E-state index contributed by atoms with van der Waals surface area (Å²) in [6.07, 6.45) is 0. The number of carbonyl (C=O) groups is 1. The Kier molecular flexibility index (Phi) is 4.66. The van der Waals surface area contributed by atoms with Crippen LogP contribution in [-0.2, 0) is 9.53 Å². The van der Waals surface area contributed by atoms with Gasteiger partial charge in [-0.2, -0.15) is 0 Å². The SMILES string of the molecule is Cc1ccc(NC(C)C(=O)N2CCOCC2)cc1Cl. The fraction of sp³-hybridized carbons (Fsp3) is 0.500. The second kappa shape index (κ2) is 6.26. The first-order chi connectivity index (χ1) is 9.08. The van der Waals surface area contributed by atoms with Crippen LogP contribution in [0.5, 0.6) is 0 Å². The number of morpholine rings is 1. The molecule has 1 unspecified atom stereocenters.